The summed E-state index contributed by atoms with van der Waals surface area (Å²) >= 11 is 3.64. The monoisotopic (exact) mass is 442 g/mol. The van der Waals surface area contributed by atoms with E-state index in [2.05, 4.69) is 20.5 Å². The van der Waals surface area contributed by atoms with Crippen LogP contribution >= 0.6 is 19.7 Å². The number of hydrogen-bond donors (Lipinski definition) is 2. The Morgan fingerprint density at radius 2 is 1.20 bits per heavy atom. The number of hydrogen-bond acceptors (Lipinski definition) is 12. The molecule has 0 amide bonds. The molecule has 0 spiro atoms. The standard InChI is InChI=1S/Ca.ClHO.K.Na.H2O8S2.H3O4P/c;1-2;;;1-9(2,3)7-8-10(4,5)6;1-5(2,3)4/h;2H;;;(H,1,2,3)(H,4,5,6);(H3,1,2,3,4)/q+2;;2*+1;;/p-4. The molecule has 20 heavy (non-hydrogen) atoms. The molecule has 2 N–H and O–H groups in total. The molecule has 0 aromatic heterocycles. The third-order valence-electron chi connectivity index (χ3n) is 0.197. The van der Waals surface area contributed by atoms with E-state index in [4.69, 9.17) is 28.5 Å². The maximum Gasteiger partial charge on any atom is 2.00 e. The van der Waals surface area contributed by atoms with Gasteiger partial charge in [0, 0.05) is 0 Å². The van der Waals surface area contributed by atoms with E-state index in [1.165, 1.54) is 0 Å². The summed E-state index contributed by atoms with van der Waals surface area (Å²) in [5.41, 5.74) is 0. The van der Waals surface area contributed by atoms with E-state index in [1.807, 2.05) is 0 Å². The quantitative estimate of drug-likeness (QED) is 0.103. The van der Waals surface area contributed by atoms with E-state index < -0.39 is 28.6 Å². The van der Waals surface area contributed by atoms with Crippen LogP contribution in [0, 0.1) is 0 Å². The number of halogens is 1. The van der Waals surface area contributed by atoms with Crippen LogP contribution in [0.1, 0.15) is 0 Å². The van der Waals surface area contributed by atoms with Gasteiger partial charge in [-0.1, -0.05) is 8.67 Å². The largest absolute Gasteiger partial charge is 2.00 e. The van der Waals surface area contributed by atoms with Gasteiger partial charge < -0.3 is 23.8 Å². The fourth-order valence-corrected chi connectivity index (χ4v) is 0.622. The molecule has 0 aromatic carbocycles. The van der Waals surface area contributed by atoms with Gasteiger partial charge in [-0.3, -0.25) is 9.21 Å². The van der Waals surface area contributed by atoms with Crippen LogP contribution in [0.4, 0.5) is 0 Å². The molecule has 0 radical (unpaired) electrons. The summed E-state index contributed by atoms with van der Waals surface area (Å²) in [5.74, 6) is 0. The van der Waals surface area contributed by atoms with Crippen molar-refractivity contribution in [2.75, 3.05) is 0 Å². The van der Waals surface area contributed by atoms with Crippen LogP contribution in [0.3, 0.4) is 0 Å². The van der Waals surface area contributed by atoms with E-state index in [9.17, 15) is 21.4 Å². The van der Waals surface area contributed by atoms with Crippen LogP contribution in [0.25, 0.3) is 0 Å². The summed E-state index contributed by atoms with van der Waals surface area (Å²) in [4.78, 5) is 25.6. The van der Waals surface area contributed by atoms with Gasteiger partial charge in [-0.2, -0.15) is 16.2 Å². The molecule has 0 aliphatic heterocycles. The zero-order chi connectivity index (χ0) is 14.9. The van der Waals surface area contributed by atoms with Gasteiger partial charge in [0.2, 0.25) is 10.4 Å². The Morgan fingerprint density at radius 1 is 1.00 bits per heavy atom. The van der Waals surface area contributed by atoms with Crippen molar-refractivity contribution < 1.29 is 139 Å². The normalized spacial score (nSPS) is 9.95. The zero-order valence-electron chi connectivity index (χ0n) is 9.73. The summed E-state index contributed by atoms with van der Waals surface area (Å²) in [6, 6.07) is 0. The SMILES string of the molecule is O=P([O-])([O-])[O-].O=S(=O)([O-])OOS(=O)(=O)O.OCl.[Ca+2].[K+].[Na+]. The van der Waals surface area contributed by atoms with Gasteiger partial charge in [0.05, 0.1) is 11.9 Å². The van der Waals surface area contributed by atoms with Gasteiger partial charge in [0.1, 0.15) is 0 Å². The molecule has 0 fully saturated rings. The van der Waals surface area contributed by atoms with Gasteiger partial charge in [0.15, 0.2) is 0 Å². The van der Waals surface area contributed by atoms with E-state index in [1.54, 1.807) is 0 Å². The molecule has 0 saturated carbocycles. The molecule has 0 saturated heterocycles. The molecule has 0 aromatic rings. The minimum Gasteiger partial charge on any atom is -0.822 e. The van der Waals surface area contributed by atoms with Crippen LogP contribution in [0.15, 0.2) is 0 Å². The van der Waals surface area contributed by atoms with Crippen molar-refractivity contribution in [3.63, 3.8) is 0 Å². The summed E-state index contributed by atoms with van der Waals surface area (Å²) < 4.78 is 75.2. The predicted molar refractivity (Wildman–Crippen MR) is 44.8 cm³/mol. The summed E-state index contributed by atoms with van der Waals surface area (Å²) in [5, 5.41) is 0. The van der Waals surface area contributed by atoms with Gasteiger partial charge in [-0.25, -0.2) is 8.42 Å². The van der Waals surface area contributed by atoms with Crippen molar-refractivity contribution in [2.45, 2.75) is 0 Å². The fourth-order valence-electron chi connectivity index (χ4n) is 0.0691. The van der Waals surface area contributed by atoms with Crippen LogP contribution in [0.2, 0.25) is 0 Å². The van der Waals surface area contributed by atoms with Crippen molar-refractivity contribution in [1.82, 2.24) is 0 Å². The first-order chi connectivity index (χ1) is 7.21. The first kappa shape index (κ1) is 39.2. The molecule has 20 heteroatoms. The second kappa shape index (κ2) is 19.3. The molecule has 108 valence electrons. The Labute approximate surface area is 213 Å². The Hall–Kier alpha value is 4.00. The molecule has 0 atom stereocenters. The average Bonchev–Trinajstić information content (AvgIpc) is 1.99. The van der Waals surface area contributed by atoms with E-state index in [-0.39, 0.29) is 119 Å². The van der Waals surface area contributed by atoms with Crippen LogP contribution in [-0.4, -0.2) is 68.3 Å². The molecule has 0 unspecified atom stereocenters. The maximum atomic E-state index is 9.48. The Kier molecular flexibility index (Phi) is 37.9. The third-order valence-corrected chi connectivity index (χ3v) is 0.758. The molecule has 0 aliphatic carbocycles. The Bertz CT molecular complexity index is 385. The molecule has 0 heterocycles. The van der Waals surface area contributed by atoms with Gasteiger partial charge in [-0.15, -0.1) is 0 Å². The summed E-state index contributed by atoms with van der Waals surface area (Å²) in [6.07, 6.45) is 0. The number of phosphoric acid groups is 1. The van der Waals surface area contributed by atoms with Crippen LogP contribution in [-0.2, 0) is 34.0 Å². The second-order valence-electron chi connectivity index (χ2n) is 1.42. The Morgan fingerprint density at radius 3 is 1.25 bits per heavy atom. The van der Waals surface area contributed by atoms with Gasteiger partial charge in [-0.05, 0) is 0 Å². The summed E-state index contributed by atoms with van der Waals surface area (Å²) in [7, 11) is -15.7. The minimum absolute atomic E-state index is 0. The molecular formula is H2CaClKNaO13PS2. The van der Waals surface area contributed by atoms with Crippen molar-refractivity contribution in [3.05, 3.63) is 0 Å². The van der Waals surface area contributed by atoms with E-state index in [0.717, 1.165) is 0 Å². The van der Waals surface area contributed by atoms with Crippen molar-refractivity contribution in [3.8, 4) is 0 Å². The third kappa shape index (κ3) is 80.2. The second-order valence-corrected chi connectivity index (χ2v) is 4.26. The number of rotatable bonds is 3. The van der Waals surface area contributed by atoms with Crippen LogP contribution in [0.5, 0.6) is 0 Å². The molecular weight excluding hydrogens is 441 g/mol. The first-order valence-electron chi connectivity index (χ1n) is 2.42. The minimum atomic E-state index is -5.39. The molecule has 0 rings (SSSR count). The van der Waals surface area contributed by atoms with E-state index in [0.29, 0.717) is 0 Å². The van der Waals surface area contributed by atoms with Crippen molar-refractivity contribution in [1.29, 1.82) is 0 Å². The van der Waals surface area contributed by atoms with Gasteiger partial charge in [0.25, 0.3) is 0 Å². The predicted octanol–water partition coefficient (Wildman–Crippen LogP) is -10.9. The molecule has 0 bridgehead atoms. The maximum absolute atomic E-state index is 9.48. The zero-order valence-corrected chi connectivity index (χ0v) is 20.3. The smallest absolute Gasteiger partial charge is 0.822 e. The average molecular weight is 443 g/mol. The van der Waals surface area contributed by atoms with E-state index >= 15 is 0 Å². The molecule has 0 aliphatic rings. The molecule has 13 nitrogen and oxygen atoms in total. The summed E-state index contributed by atoms with van der Waals surface area (Å²) in [6.45, 7) is 0. The topological polar surface area (TPSA) is 237 Å². The van der Waals surface area contributed by atoms with Gasteiger partial charge >= 0.3 is 129 Å². The van der Waals surface area contributed by atoms with Crippen molar-refractivity contribution >= 4 is 78.2 Å². The van der Waals surface area contributed by atoms with Crippen LogP contribution < -0.4 is 95.6 Å². The van der Waals surface area contributed by atoms with Crippen molar-refractivity contribution in [2.24, 2.45) is 0 Å². The Balaban J connectivity index is -0.0000000428. The first-order valence-corrected chi connectivity index (χ1v) is 6.91. The fraction of sp³-hybridized carbons (Fsp3) is 0.